The molecule has 0 saturated carbocycles. The van der Waals surface area contributed by atoms with Crippen molar-refractivity contribution in [3.8, 4) is 0 Å². The summed E-state index contributed by atoms with van der Waals surface area (Å²) >= 11 is 0. The van der Waals surface area contributed by atoms with E-state index in [4.69, 9.17) is 0 Å². The van der Waals surface area contributed by atoms with Crippen LogP contribution < -0.4 is 16.0 Å². The summed E-state index contributed by atoms with van der Waals surface area (Å²) in [4.78, 5) is 22.7. The molecule has 41 heteroatoms. The second-order valence-electron chi connectivity index (χ2n) is 11.3. The summed E-state index contributed by atoms with van der Waals surface area (Å²) in [6, 6.07) is 0. The first-order valence-electron chi connectivity index (χ1n) is 14.1. The maximum atomic E-state index is 13.9. The monoisotopic (exact) mass is 1030 g/mol. The number of rotatable bonds is 20. The fourth-order valence-corrected chi connectivity index (χ4v) is 3.35. The molecule has 7 nitrogen and oxygen atoms in total. The van der Waals surface area contributed by atoms with Crippen molar-refractivity contribution in [2.45, 2.75) is 96.0 Å². The topological polar surface area (TPSA) is 88.7 Å². The summed E-state index contributed by atoms with van der Waals surface area (Å²) in [6.07, 6.45) is -49.0. The van der Waals surface area contributed by atoms with Crippen molar-refractivity contribution < 1.29 is 168 Å². The zero-order valence-corrected chi connectivity index (χ0v) is 27.8. The van der Waals surface area contributed by atoms with Crippen molar-refractivity contribution in [3.05, 3.63) is 0 Å². The van der Waals surface area contributed by atoms with Gasteiger partial charge in [0.1, 0.15) is 0 Å². The Labute approximate surface area is 319 Å². The van der Waals surface area contributed by atoms with Crippen LogP contribution in [0.1, 0.15) is 0 Å². The molecule has 0 radical (unpaired) electrons. The largest absolute Gasteiger partial charge is 0.458 e. The molecule has 0 rings (SSSR count). The van der Waals surface area contributed by atoms with E-state index in [1.165, 1.54) is 5.32 Å². The fourth-order valence-electron chi connectivity index (χ4n) is 3.35. The Morgan fingerprint density at radius 3 is 0.698 bits per heavy atom. The minimum absolute atomic E-state index is 0.320. The summed E-state index contributed by atoms with van der Waals surface area (Å²) in [5.74, 6) is -91.3. The van der Waals surface area contributed by atoms with Crippen molar-refractivity contribution in [3.63, 3.8) is 0 Å². The number of ether oxygens (including phenoxy) is 2. The number of halogens is 34. The number of carbonyl (C=O) groups excluding carboxylic acids is 2. The highest BCUT2D eigenvalue weighted by Gasteiger charge is 2.92. The number of alkyl halides is 34. The average Bonchev–Trinajstić information content (AvgIpc) is 3.04. The summed E-state index contributed by atoms with van der Waals surface area (Å²) in [7, 11) is 0. The first kappa shape index (κ1) is 59.4. The van der Waals surface area contributed by atoms with Gasteiger partial charge >= 0.3 is 96.0 Å². The molecule has 0 aliphatic rings. The molecule has 0 aliphatic carbocycles. The Hall–Kier alpha value is -3.56. The highest BCUT2D eigenvalue weighted by molar-refractivity contribution is 5.85. The van der Waals surface area contributed by atoms with E-state index in [1.54, 1.807) is 0 Å². The van der Waals surface area contributed by atoms with Crippen molar-refractivity contribution in [1.82, 2.24) is 16.0 Å². The molecule has 0 aromatic carbocycles. The van der Waals surface area contributed by atoms with Crippen LogP contribution in [-0.4, -0.2) is 134 Å². The van der Waals surface area contributed by atoms with Crippen molar-refractivity contribution in [2.24, 2.45) is 0 Å². The lowest BCUT2D eigenvalue weighted by Gasteiger charge is -2.40. The van der Waals surface area contributed by atoms with Gasteiger partial charge in [-0.1, -0.05) is 0 Å². The van der Waals surface area contributed by atoms with Crippen molar-refractivity contribution >= 4 is 11.8 Å². The van der Waals surface area contributed by atoms with Crippen LogP contribution in [0.3, 0.4) is 0 Å². The van der Waals surface area contributed by atoms with Crippen LogP contribution in [0, 0.1) is 0 Å². The van der Waals surface area contributed by atoms with Gasteiger partial charge in [0.2, 0.25) is 0 Å². The molecule has 0 saturated heterocycles. The van der Waals surface area contributed by atoms with E-state index >= 15 is 0 Å². The molecule has 0 unspecified atom stereocenters. The molecule has 0 aliphatic heterocycles. The van der Waals surface area contributed by atoms with Crippen molar-refractivity contribution in [1.29, 1.82) is 0 Å². The van der Waals surface area contributed by atoms with Gasteiger partial charge in [-0.05, 0) is 0 Å². The van der Waals surface area contributed by atoms with Crippen LogP contribution >= 0.6 is 0 Å². The van der Waals surface area contributed by atoms with Gasteiger partial charge in [-0.15, -0.1) is 0 Å². The van der Waals surface area contributed by atoms with Gasteiger partial charge in [0.15, 0.2) is 0 Å². The zero-order valence-electron chi connectivity index (χ0n) is 27.8. The Morgan fingerprint density at radius 2 is 0.508 bits per heavy atom. The molecule has 376 valence electrons. The van der Waals surface area contributed by atoms with Crippen LogP contribution in [0.2, 0.25) is 0 Å². The molecule has 0 heterocycles. The third-order valence-corrected chi connectivity index (χ3v) is 6.84. The predicted octanol–water partition coefficient (Wildman–Crippen LogP) is 8.69. The number of amides is 2. The van der Waals surface area contributed by atoms with Crippen LogP contribution in [0.4, 0.5) is 149 Å². The zero-order chi connectivity index (χ0) is 51.5. The number of hydrogen-bond donors (Lipinski definition) is 3. The van der Waals surface area contributed by atoms with Crippen LogP contribution in [0.25, 0.3) is 0 Å². The van der Waals surface area contributed by atoms with E-state index in [1.807, 2.05) is 0 Å². The Bertz CT molecular complexity index is 1470. The first-order valence-corrected chi connectivity index (χ1v) is 14.1. The molecule has 0 aromatic heterocycles. The molecule has 2 amide bonds. The van der Waals surface area contributed by atoms with Gasteiger partial charge in [-0.25, -0.2) is 0 Å². The molecule has 0 bridgehead atoms. The summed E-state index contributed by atoms with van der Waals surface area (Å²) in [5, 5.41) is 2.06. The fraction of sp³-hybridized carbons (Fsp3) is 0.909. The van der Waals surface area contributed by atoms with E-state index in [-0.39, 0.29) is 0 Å². The number of nitrogens with one attached hydrogen (secondary N) is 3. The Balaban J connectivity index is 5.91. The van der Waals surface area contributed by atoms with Gasteiger partial charge in [-0.3, -0.25) is 19.1 Å². The predicted molar refractivity (Wildman–Crippen MR) is 122 cm³/mol. The molecule has 0 aromatic rings. The van der Waals surface area contributed by atoms with Gasteiger partial charge < -0.3 is 16.0 Å². The molecule has 0 atom stereocenters. The standard InChI is InChI=1S/C22H11F34N3O4/c23-7(24,9(27,28)11(31,32)13(35,36)21(53,54)62-15(39,17(41,42)43)18(44,45)46)5(60)58-3-1-57-2-4-59-6(61)8(25,26)10(29,30)12(33,34)14(37,38)22(55,56)63-16(40,19(47,48)49)20(50,51)52/h57H,1-4H2,(H,58,60)(H,59,61). The maximum absolute atomic E-state index is 13.9. The molecule has 0 spiro atoms. The minimum atomic E-state index is -8.78. The van der Waals surface area contributed by atoms with Crippen LogP contribution in [0.15, 0.2) is 0 Å². The lowest BCUT2D eigenvalue weighted by Crippen LogP contribution is -2.72. The van der Waals surface area contributed by atoms with Gasteiger partial charge in [-0.2, -0.15) is 149 Å². The van der Waals surface area contributed by atoms with E-state index in [2.05, 4.69) is 0 Å². The molecular weight excluding hydrogens is 1020 g/mol. The first-order chi connectivity index (χ1) is 27.0. The molecule has 63 heavy (non-hydrogen) atoms. The van der Waals surface area contributed by atoms with Gasteiger partial charge in [0.05, 0.1) is 0 Å². The summed E-state index contributed by atoms with van der Waals surface area (Å²) in [6.45, 7) is -6.83. The smallest absolute Gasteiger partial charge is 0.349 e. The third-order valence-electron chi connectivity index (χ3n) is 6.84. The SMILES string of the molecule is O=C(NCCNCCNC(=O)C(F)(F)C(F)(F)C(F)(F)C(F)(F)C(F)(F)OC(F)(C(F)(F)F)C(F)(F)F)C(F)(F)C(F)(F)C(F)(F)C(F)(F)C(F)(F)OC(F)(C(F)(F)F)C(F)(F)F. The lowest BCUT2D eigenvalue weighted by atomic mass is 9.97. The highest BCUT2D eigenvalue weighted by Crippen LogP contribution is 2.62. The van der Waals surface area contributed by atoms with E-state index < -0.39 is 134 Å². The quantitative estimate of drug-likeness (QED) is 0.0840. The Kier molecular flexibility index (Phi) is 15.8. The van der Waals surface area contributed by atoms with Gasteiger partial charge in [0, 0.05) is 26.2 Å². The second-order valence-corrected chi connectivity index (χ2v) is 11.3. The minimum Gasteiger partial charge on any atom is -0.349 e. The van der Waals surface area contributed by atoms with Crippen LogP contribution in [0.5, 0.6) is 0 Å². The molecule has 0 fully saturated rings. The summed E-state index contributed by atoms with van der Waals surface area (Å²) < 4.78 is 452. The third kappa shape index (κ3) is 9.71. The molecular formula is C22H11F34N3O4. The highest BCUT2D eigenvalue weighted by atomic mass is 19.5. The maximum Gasteiger partial charge on any atom is 0.458 e. The summed E-state index contributed by atoms with van der Waals surface area (Å²) in [5.41, 5.74) is 0. The number of hydrogen-bond acceptors (Lipinski definition) is 5. The Morgan fingerprint density at radius 1 is 0.302 bits per heavy atom. The van der Waals surface area contributed by atoms with E-state index in [0.717, 1.165) is 9.47 Å². The second kappa shape index (κ2) is 16.7. The molecule has 3 N–H and O–H groups in total. The van der Waals surface area contributed by atoms with E-state index in [9.17, 15) is 159 Å². The van der Waals surface area contributed by atoms with Gasteiger partial charge in [0.25, 0.3) is 11.8 Å². The average molecular weight is 1030 g/mol. The van der Waals surface area contributed by atoms with Crippen LogP contribution in [-0.2, 0) is 19.1 Å². The van der Waals surface area contributed by atoms with E-state index in [0.29, 0.717) is 10.6 Å². The van der Waals surface area contributed by atoms with Crippen molar-refractivity contribution in [2.75, 3.05) is 26.2 Å². The normalized spacial score (nSPS) is 16.0. The number of carbonyl (C=O) groups is 2. The lowest BCUT2D eigenvalue weighted by molar-refractivity contribution is -0.523.